The lowest BCUT2D eigenvalue weighted by Crippen LogP contribution is -2.11. The second kappa shape index (κ2) is 2.72. The standard InChI is InChI=1S/C7H4FN3O3/c8-7(9-10-7)14-6-3-1-5(2-4-6)11(12)13/h1-4H. The first kappa shape index (κ1) is 8.54. The van der Waals surface area contributed by atoms with Gasteiger partial charge in [0.2, 0.25) is 0 Å². The molecule has 0 radical (unpaired) electrons. The maximum absolute atomic E-state index is 12.8. The number of rotatable bonds is 3. The molecule has 1 aromatic rings. The van der Waals surface area contributed by atoms with Crippen LogP contribution < -0.4 is 4.74 Å². The quantitative estimate of drug-likeness (QED) is 0.422. The molecule has 1 heterocycles. The van der Waals surface area contributed by atoms with E-state index in [1.807, 2.05) is 0 Å². The number of halogens is 1. The molecule has 0 N–H and O–H groups in total. The molecule has 72 valence electrons. The summed E-state index contributed by atoms with van der Waals surface area (Å²) in [5.41, 5.74) is -0.0880. The summed E-state index contributed by atoms with van der Waals surface area (Å²) in [5, 5.41) is 16.2. The summed E-state index contributed by atoms with van der Waals surface area (Å²) in [6, 6.07) is 4.98. The fraction of sp³-hybridized carbons (Fsp3) is 0.143. The van der Waals surface area contributed by atoms with Crippen LogP contribution in [0.25, 0.3) is 0 Å². The van der Waals surface area contributed by atoms with Crippen LogP contribution in [0.1, 0.15) is 0 Å². The van der Waals surface area contributed by atoms with E-state index in [0.29, 0.717) is 0 Å². The van der Waals surface area contributed by atoms with Crippen LogP contribution in [-0.4, -0.2) is 11.0 Å². The molecule has 1 aliphatic rings. The molecule has 0 atom stereocenters. The summed E-state index contributed by atoms with van der Waals surface area (Å²) in [5.74, 6) is 0.142. The molecular formula is C7H4FN3O3. The number of non-ortho nitro benzene ring substituents is 1. The minimum Gasteiger partial charge on any atom is -0.419 e. The average molecular weight is 197 g/mol. The van der Waals surface area contributed by atoms with E-state index in [-0.39, 0.29) is 11.4 Å². The van der Waals surface area contributed by atoms with E-state index < -0.39 is 11.0 Å². The molecule has 0 aromatic heterocycles. The van der Waals surface area contributed by atoms with E-state index in [4.69, 9.17) is 0 Å². The zero-order chi connectivity index (χ0) is 10.2. The zero-order valence-electron chi connectivity index (χ0n) is 6.75. The molecular weight excluding hydrogens is 193 g/mol. The van der Waals surface area contributed by atoms with Crippen molar-refractivity contribution in [1.29, 1.82) is 0 Å². The van der Waals surface area contributed by atoms with Crippen LogP contribution in [0, 0.1) is 10.1 Å². The van der Waals surface area contributed by atoms with Crippen molar-refractivity contribution in [2.75, 3.05) is 0 Å². The second-order valence-corrected chi connectivity index (χ2v) is 2.58. The molecule has 6 nitrogen and oxygen atoms in total. The van der Waals surface area contributed by atoms with Crippen molar-refractivity contribution < 1.29 is 14.1 Å². The Hall–Kier alpha value is -2.05. The van der Waals surface area contributed by atoms with Crippen molar-refractivity contribution in [2.45, 2.75) is 6.10 Å². The van der Waals surface area contributed by atoms with Crippen LogP contribution in [0.4, 0.5) is 10.1 Å². The number of hydrogen-bond donors (Lipinski definition) is 0. The topological polar surface area (TPSA) is 77.1 Å². The average Bonchev–Trinajstić information content (AvgIpc) is 2.84. The fourth-order valence-corrected chi connectivity index (χ4v) is 0.866. The van der Waals surface area contributed by atoms with Gasteiger partial charge in [-0.15, -0.1) is 4.39 Å². The van der Waals surface area contributed by atoms with E-state index >= 15 is 0 Å². The van der Waals surface area contributed by atoms with Crippen molar-refractivity contribution in [3.8, 4) is 5.75 Å². The Balaban J connectivity index is 2.10. The van der Waals surface area contributed by atoms with Crippen LogP contribution in [-0.2, 0) is 0 Å². The largest absolute Gasteiger partial charge is 0.495 e. The van der Waals surface area contributed by atoms with Crippen molar-refractivity contribution in [1.82, 2.24) is 0 Å². The molecule has 1 aromatic carbocycles. The highest BCUT2D eigenvalue weighted by molar-refractivity contribution is 5.36. The van der Waals surface area contributed by atoms with E-state index in [1.54, 1.807) is 0 Å². The number of ether oxygens (including phenoxy) is 1. The minimum absolute atomic E-state index is 0.0880. The maximum atomic E-state index is 12.8. The Morgan fingerprint density at radius 2 is 1.93 bits per heavy atom. The monoisotopic (exact) mass is 197 g/mol. The number of nitro groups is 1. The lowest BCUT2D eigenvalue weighted by molar-refractivity contribution is -0.384. The molecule has 0 aliphatic carbocycles. The van der Waals surface area contributed by atoms with Gasteiger partial charge in [-0.05, 0) is 12.1 Å². The van der Waals surface area contributed by atoms with Gasteiger partial charge in [0.15, 0.2) is 0 Å². The van der Waals surface area contributed by atoms with Crippen molar-refractivity contribution in [3.05, 3.63) is 34.4 Å². The molecule has 0 saturated carbocycles. The van der Waals surface area contributed by atoms with Gasteiger partial charge in [0, 0.05) is 12.1 Å². The highest BCUT2D eigenvalue weighted by Crippen LogP contribution is 2.33. The highest BCUT2D eigenvalue weighted by Gasteiger charge is 2.44. The lowest BCUT2D eigenvalue weighted by atomic mass is 10.3. The van der Waals surface area contributed by atoms with E-state index in [0.717, 1.165) is 0 Å². The van der Waals surface area contributed by atoms with Gasteiger partial charge >= 0.3 is 6.10 Å². The second-order valence-electron chi connectivity index (χ2n) is 2.58. The Morgan fingerprint density at radius 3 is 2.36 bits per heavy atom. The first-order valence-electron chi connectivity index (χ1n) is 3.65. The first-order chi connectivity index (χ1) is 6.59. The van der Waals surface area contributed by atoms with Gasteiger partial charge in [-0.1, -0.05) is 10.2 Å². The third-order valence-electron chi connectivity index (χ3n) is 1.55. The molecule has 0 fully saturated rings. The molecule has 0 saturated heterocycles. The summed E-state index contributed by atoms with van der Waals surface area (Å²) in [6.45, 7) is 0. The van der Waals surface area contributed by atoms with Gasteiger partial charge < -0.3 is 4.74 Å². The summed E-state index contributed by atoms with van der Waals surface area (Å²) in [6.07, 6.45) is -2.28. The Morgan fingerprint density at radius 1 is 1.36 bits per heavy atom. The van der Waals surface area contributed by atoms with Crippen LogP contribution in [0.5, 0.6) is 5.75 Å². The van der Waals surface area contributed by atoms with Gasteiger partial charge in [0.25, 0.3) is 5.69 Å². The molecule has 0 bridgehead atoms. The Bertz CT molecular complexity index is 397. The van der Waals surface area contributed by atoms with Gasteiger partial charge in [-0.3, -0.25) is 10.1 Å². The maximum Gasteiger partial charge on any atom is 0.495 e. The zero-order valence-corrected chi connectivity index (χ0v) is 6.75. The highest BCUT2D eigenvalue weighted by atomic mass is 19.2. The van der Waals surface area contributed by atoms with Crippen molar-refractivity contribution in [2.24, 2.45) is 10.2 Å². The van der Waals surface area contributed by atoms with Crippen molar-refractivity contribution >= 4 is 5.69 Å². The number of alkyl halides is 1. The molecule has 2 rings (SSSR count). The van der Waals surface area contributed by atoms with Crippen LogP contribution in [0.15, 0.2) is 34.5 Å². The third-order valence-corrected chi connectivity index (χ3v) is 1.55. The van der Waals surface area contributed by atoms with E-state index in [2.05, 4.69) is 15.0 Å². The number of nitrogens with zero attached hydrogens (tertiary/aromatic N) is 3. The number of hydrogen-bond acceptors (Lipinski definition) is 5. The summed E-state index contributed by atoms with van der Waals surface area (Å²) in [4.78, 5) is 9.71. The Kier molecular flexibility index (Phi) is 1.66. The molecule has 0 amide bonds. The van der Waals surface area contributed by atoms with Crippen LogP contribution in [0.2, 0.25) is 0 Å². The fourth-order valence-electron chi connectivity index (χ4n) is 0.866. The van der Waals surface area contributed by atoms with Crippen molar-refractivity contribution in [3.63, 3.8) is 0 Å². The normalized spacial score (nSPS) is 16.4. The lowest BCUT2D eigenvalue weighted by Gasteiger charge is -2.03. The van der Waals surface area contributed by atoms with Gasteiger partial charge in [-0.25, -0.2) is 0 Å². The molecule has 7 heteroatoms. The van der Waals surface area contributed by atoms with Crippen LogP contribution in [0.3, 0.4) is 0 Å². The smallest absolute Gasteiger partial charge is 0.419 e. The molecule has 0 unspecified atom stereocenters. The van der Waals surface area contributed by atoms with Gasteiger partial charge in [-0.2, -0.15) is 0 Å². The molecule has 0 spiro atoms. The van der Waals surface area contributed by atoms with Gasteiger partial charge in [0.1, 0.15) is 5.75 Å². The molecule has 1 aliphatic heterocycles. The predicted octanol–water partition coefficient (Wildman–Crippen LogP) is 2.02. The summed E-state index contributed by atoms with van der Waals surface area (Å²) in [7, 11) is 0. The minimum atomic E-state index is -2.28. The number of nitro benzene ring substituents is 1. The number of benzene rings is 1. The Labute approximate surface area is 77.2 Å². The first-order valence-corrected chi connectivity index (χ1v) is 3.65. The molecule has 14 heavy (non-hydrogen) atoms. The third kappa shape index (κ3) is 1.65. The van der Waals surface area contributed by atoms with Crippen LogP contribution >= 0.6 is 0 Å². The summed E-state index contributed by atoms with van der Waals surface area (Å²) >= 11 is 0. The van der Waals surface area contributed by atoms with Gasteiger partial charge in [0.05, 0.1) is 4.92 Å². The van der Waals surface area contributed by atoms with E-state index in [1.165, 1.54) is 24.3 Å². The predicted molar refractivity (Wildman–Crippen MR) is 42.4 cm³/mol. The summed E-state index contributed by atoms with van der Waals surface area (Å²) < 4.78 is 17.4. The SMILES string of the molecule is O=[N+]([O-])c1ccc(OC2(F)N=N2)cc1. The van der Waals surface area contributed by atoms with E-state index in [9.17, 15) is 14.5 Å².